The highest BCUT2D eigenvalue weighted by atomic mass is 16.3. The van der Waals surface area contributed by atoms with Crippen molar-refractivity contribution < 1.29 is 4.42 Å². The largest absolute Gasteiger partial charge is 0.467 e. The minimum atomic E-state index is 0.0821. The van der Waals surface area contributed by atoms with Crippen molar-refractivity contribution in [2.45, 2.75) is 26.3 Å². The predicted molar refractivity (Wildman–Crippen MR) is 86.6 cm³/mol. The summed E-state index contributed by atoms with van der Waals surface area (Å²) in [6.07, 6.45) is 2.54. The third-order valence-electron chi connectivity index (χ3n) is 4.07. The van der Waals surface area contributed by atoms with Crippen LogP contribution in [0.2, 0.25) is 0 Å². The first-order chi connectivity index (χ1) is 10.7. The number of aromatic nitrogens is 2. The lowest BCUT2D eigenvalue weighted by Gasteiger charge is -2.21. The normalized spacial score (nSPS) is 17.2. The molecule has 3 aromatic rings. The molecule has 0 aliphatic carbocycles. The zero-order valence-electron chi connectivity index (χ0n) is 12.7. The second-order valence-corrected chi connectivity index (χ2v) is 5.68. The number of aliphatic imine (C=N–C) groups is 1. The molecule has 0 spiro atoms. The molecule has 3 heterocycles. The Morgan fingerprint density at radius 2 is 1.91 bits per heavy atom. The molecule has 2 aromatic heterocycles. The average molecular weight is 291 g/mol. The molecule has 1 aromatic carbocycles. The second-order valence-electron chi connectivity index (χ2n) is 5.68. The van der Waals surface area contributed by atoms with Gasteiger partial charge in [0.1, 0.15) is 11.8 Å². The lowest BCUT2D eigenvalue weighted by molar-refractivity contribution is 0.409. The number of aryl methyl sites for hydroxylation is 1. The average Bonchev–Trinajstić information content (AvgIpc) is 3.14. The standard InChI is InChI=1S/C18H17N3O/c1-12-11-15(16-9-6-10-22-16)21-18(19-12)17(13(2)20-21)14-7-4-3-5-8-14/h3-10,15H,11H2,1-2H3. The smallest absolute Gasteiger partial charge is 0.159 e. The van der Waals surface area contributed by atoms with Gasteiger partial charge in [-0.05, 0) is 31.5 Å². The highest BCUT2D eigenvalue weighted by Gasteiger charge is 2.29. The van der Waals surface area contributed by atoms with Crippen LogP contribution >= 0.6 is 0 Å². The third kappa shape index (κ3) is 1.99. The Bertz CT molecular complexity index is 829. The first-order valence-corrected chi connectivity index (χ1v) is 7.46. The molecule has 1 aliphatic rings. The molecule has 4 nitrogen and oxygen atoms in total. The van der Waals surface area contributed by atoms with Crippen LogP contribution in [0.4, 0.5) is 5.82 Å². The molecular formula is C18H17N3O. The number of nitrogens with zero attached hydrogens (tertiary/aromatic N) is 3. The maximum Gasteiger partial charge on any atom is 0.159 e. The van der Waals surface area contributed by atoms with Crippen molar-refractivity contribution in [1.82, 2.24) is 9.78 Å². The summed E-state index contributed by atoms with van der Waals surface area (Å²) in [7, 11) is 0. The number of benzene rings is 1. The van der Waals surface area contributed by atoms with E-state index in [0.29, 0.717) is 0 Å². The van der Waals surface area contributed by atoms with Crippen LogP contribution in [0.15, 0.2) is 58.1 Å². The van der Waals surface area contributed by atoms with Crippen LogP contribution in [-0.2, 0) is 0 Å². The van der Waals surface area contributed by atoms with Crippen LogP contribution in [0.25, 0.3) is 11.1 Å². The van der Waals surface area contributed by atoms with E-state index in [1.165, 1.54) is 0 Å². The summed E-state index contributed by atoms with van der Waals surface area (Å²) in [5, 5.41) is 4.75. The van der Waals surface area contributed by atoms with Crippen LogP contribution in [0.5, 0.6) is 0 Å². The molecule has 22 heavy (non-hydrogen) atoms. The highest BCUT2D eigenvalue weighted by Crippen LogP contribution is 2.40. The third-order valence-corrected chi connectivity index (χ3v) is 4.07. The molecule has 0 amide bonds. The van der Waals surface area contributed by atoms with E-state index in [-0.39, 0.29) is 6.04 Å². The number of hydrogen-bond acceptors (Lipinski definition) is 3. The van der Waals surface area contributed by atoms with Crippen LogP contribution in [0, 0.1) is 6.92 Å². The summed E-state index contributed by atoms with van der Waals surface area (Å²) in [6.45, 7) is 4.11. The fourth-order valence-electron chi connectivity index (χ4n) is 3.10. The molecule has 4 rings (SSSR count). The van der Waals surface area contributed by atoms with Gasteiger partial charge in [-0.25, -0.2) is 9.67 Å². The van der Waals surface area contributed by atoms with Crippen molar-refractivity contribution in [1.29, 1.82) is 0 Å². The van der Waals surface area contributed by atoms with Crippen molar-refractivity contribution in [3.63, 3.8) is 0 Å². The van der Waals surface area contributed by atoms with E-state index in [1.807, 2.05) is 41.9 Å². The van der Waals surface area contributed by atoms with Crippen LogP contribution in [-0.4, -0.2) is 15.5 Å². The Labute approximate surface area is 129 Å². The van der Waals surface area contributed by atoms with Crippen LogP contribution in [0.3, 0.4) is 0 Å². The Kier molecular flexibility index (Phi) is 2.96. The molecule has 0 bridgehead atoms. The second kappa shape index (κ2) is 4.98. The quantitative estimate of drug-likeness (QED) is 0.696. The van der Waals surface area contributed by atoms with Crippen molar-refractivity contribution in [2.24, 2.45) is 4.99 Å². The number of furan rings is 1. The van der Waals surface area contributed by atoms with Crippen LogP contribution < -0.4 is 0 Å². The van der Waals surface area contributed by atoms with Crippen molar-refractivity contribution in [3.05, 3.63) is 60.2 Å². The summed E-state index contributed by atoms with van der Waals surface area (Å²) >= 11 is 0. The summed E-state index contributed by atoms with van der Waals surface area (Å²) in [6, 6.07) is 14.3. The van der Waals surface area contributed by atoms with Crippen molar-refractivity contribution in [2.75, 3.05) is 0 Å². The molecule has 1 unspecified atom stereocenters. The molecule has 0 saturated heterocycles. The Hall–Kier alpha value is -2.62. The maximum atomic E-state index is 5.62. The summed E-state index contributed by atoms with van der Waals surface area (Å²) < 4.78 is 7.62. The zero-order chi connectivity index (χ0) is 15.1. The monoisotopic (exact) mass is 291 g/mol. The highest BCUT2D eigenvalue weighted by molar-refractivity contribution is 5.89. The van der Waals surface area contributed by atoms with Crippen molar-refractivity contribution in [3.8, 4) is 11.1 Å². The fourth-order valence-corrected chi connectivity index (χ4v) is 3.10. The lowest BCUT2D eigenvalue weighted by Crippen LogP contribution is -2.18. The minimum absolute atomic E-state index is 0.0821. The Morgan fingerprint density at radius 1 is 1.09 bits per heavy atom. The molecule has 0 N–H and O–H groups in total. The summed E-state index contributed by atoms with van der Waals surface area (Å²) in [4.78, 5) is 4.78. The molecule has 0 radical (unpaired) electrons. The van der Waals surface area contributed by atoms with Gasteiger partial charge in [0.15, 0.2) is 5.82 Å². The van der Waals surface area contributed by atoms with Crippen LogP contribution in [0.1, 0.15) is 30.8 Å². The van der Waals surface area contributed by atoms with E-state index in [0.717, 1.165) is 40.5 Å². The molecule has 0 saturated carbocycles. The number of rotatable bonds is 2. The Morgan fingerprint density at radius 3 is 2.64 bits per heavy atom. The van der Waals surface area contributed by atoms with Gasteiger partial charge < -0.3 is 4.42 Å². The van der Waals surface area contributed by atoms with E-state index >= 15 is 0 Å². The topological polar surface area (TPSA) is 43.3 Å². The van der Waals surface area contributed by atoms with Gasteiger partial charge in [0.05, 0.1) is 12.0 Å². The van der Waals surface area contributed by atoms with Gasteiger partial charge in [0.25, 0.3) is 0 Å². The van der Waals surface area contributed by atoms with E-state index in [9.17, 15) is 0 Å². The molecule has 4 heteroatoms. The van der Waals surface area contributed by atoms with Crippen molar-refractivity contribution >= 4 is 11.5 Å². The maximum absolute atomic E-state index is 5.62. The number of hydrogen-bond donors (Lipinski definition) is 0. The zero-order valence-corrected chi connectivity index (χ0v) is 12.7. The van der Waals surface area contributed by atoms with E-state index in [4.69, 9.17) is 14.5 Å². The first kappa shape index (κ1) is 13.1. The van der Waals surface area contributed by atoms with Gasteiger partial charge >= 0.3 is 0 Å². The number of fused-ring (bicyclic) bond motifs is 1. The molecule has 1 atom stereocenters. The minimum Gasteiger partial charge on any atom is -0.467 e. The first-order valence-electron chi connectivity index (χ1n) is 7.46. The van der Waals surface area contributed by atoms with Gasteiger partial charge in [-0.15, -0.1) is 0 Å². The molecular weight excluding hydrogens is 274 g/mol. The van der Waals surface area contributed by atoms with E-state index < -0.39 is 0 Å². The van der Waals surface area contributed by atoms with Gasteiger partial charge in [-0.2, -0.15) is 5.10 Å². The summed E-state index contributed by atoms with van der Waals surface area (Å²) in [5.74, 6) is 1.85. The molecule has 1 aliphatic heterocycles. The van der Waals surface area contributed by atoms with E-state index in [1.54, 1.807) is 6.26 Å². The Balaban J connectivity index is 1.92. The van der Waals surface area contributed by atoms with Gasteiger partial charge in [0, 0.05) is 17.7 Å². The van der Waals surface area contributed by atoms with Gasteiger partial charge in [-0.1, -0.05) is 30.3 Å². The van der Waals surface area contributed by atoms with Gasteiger partial charge in [-0.3, -0.25) is 0 Å². The molecule has 0 fully saturated rings. The SMILES string of the molecule is CC1=Nc2c(-c3ccccc3)c(C)nn2C(c2ccco2)C1. The molecule has 110 valence electrons. The predicted octanol–water partition coefficient (Wildman–Crippen LogP) is 4.54. The van der Waals surface area contributed by atoms with E-state index in [2.05, 4.69) is 19.1 Å². The van der Waals surface area contributed by atoms with Gasteiger partial charge in [0.2, 0.25) is 0 Å². The lowest BCUT2D eigenvalue weighted by atomic mass is 10.0. The summed E-state index contributed by atoms with van der Waals surface area (Å²) in [5.41, 5.74) is 4.36. The fraction of sp³-hybridized carbons (Fsp3) is 0.222.